The number of para-hydroxylation sites is 1. The van der Waals surface area contributed by atoms with E-state index in [-0.39, 0.29) is 17.9 Å². The fraction of sp³-hybridized carbons (Fsp3) is 0.143. The summed E-state index contributed by atoms with van der Waals surface area (Å²) in [5, 5.41) is 5.83. The number of anilines is 1. The highest BCUT2D eigenvalue weighted by Crippen LogP contribution is 2.25. The molecule has 0 fully saturated rings. The van der Waals surface area contributed by atoms with Crippen molar-refractivity contribution in [1.29, 1.82) is 0 Å². The molecule has 0 saturated carbocycles. The molecule has 2 N–H and O–H groups in total. The number of aromatic amines is 1. The van der Waals surface area contributed by atoms with Crippen LogP contribution >= 0.6 is 11.3 Å². The summed E-state index contributed by atoms with van der Waals surface area (Å²) in [4.78, 5) is 36.0. The Balaban J connectivity index is 1.40. The highest BCUT2D eigenvalue weighted by molar-refractivity contribution is 7.14. The van der Waals surface area contributed by atoms with Gasteiger partial charge in [-0.1, -0.05) is 42.0 Å². The smallest absolute Gasteiger partial charge is 0.258 e. The van der Waals surface area contributed by atoms with Gasteiger partial charge in [-0.25, -0.2) is 9.97 Å². The molecule has 4 rings (SSSR count). The van der Waals surface area contributed by atoms with Crippen molar-refractivity contribution in [2.45, 2.75) is 19.8 Å². The molecule has 140 valence electrons. The van der Waals surface area contributed by atoms with Gasteiger partial charge in [-0.15, -0.1) is 11.3 Å². The van der Waals surface area contributed by atoms with E-state index in [1.54, 1.807) is 18.2 Å². The molecule has 0 aliphatic heterocycles. The summed E-state index contributed by atoms with van der Waals surface area (Å²) in [5.74, 6) is 0.332. The van der Waals surface area contributed by atoms with Gasteiger partial charge in [0.1, 0.15) is 5.82 Å². The average Bonchev–Trinajstić information content (AvgIpc) is 3.15. The highest BCUT2D eigenvalue weighted by Gasteiger charge is 2.10. The van der Waals surface area contributed by atoms with Crippen molar-refractivity contribution in [2.24, 2.45) is 0 Å². The molecule has 2 aromatic heterocycles. The van der Waals surface area contributed by atoms with Gasteiger partial charge in [0.2, 0.25) is 5.91 Å². The fourth-order valence-electron chi connectivity index (χ4n) is 2.86. The van der Waals surface area contributed by atoms with Crippen LogP contribution in [0, 0.1) is 6.92 Å². The number of carbonyl (C=O) groups excluding carboxylic acids is 1. The van der Waals surface area contributed by atoms with E-state index in [0.29, 0.717) is 28.3 Å². The van der Waals surface area contributed by atoms with Gasteiger partial charge in [0, 0.05) is 23.8 Å². The molecule has 0 atom stereocenters. The Hall–Kier alpha value is -3.32. The molecule has 0 unspecified atom stereocenters. The Morgan fingerprint density at radius 3 is 2.71 bits per heavy atom. The molecule has 0 aliphatic rings. The predicted octanol–water partition coefficient (Wildman–Crippen LogP) is 3.93. The van der Waals surface area contributed by atoms with Crippen LogP contribution in [0.3, 0.4) is 0 Å². The van der Waals surface area contributed by atoms with Crippen LogP contribution in [0.5, 0.6) is 0 Å². The third-order valence-electron chi connectivity index (χ3n) is 4.35. The Morgan fingerprint density at radius 2 is 1.89 bits per heavy atom. The highest BCUT2D eigenvalue weighted by atomic mass is 32.1. The zero-order chi connectivity index (χ0) is 19.5. The summed E-state index contributed by atoms with van der Waals surface area (Å²) >= 11 is 1.39. The van der Waals surface area contributed by atoms with E-state index in [0.717, 1.165) is 11.3 Å². The van der Waals surface area contributed by atoms with E-state index in [1.807, 2.05) is 42.6 Å². The summed E-state index contributed by atoms with van der Waals surface area (Å²) in [6.45, 7) is 2.04. The Labute approximate surface area is 165 Å². The first kappa shape index (κ1) is 18.1. The number of thiazole rings is 1. The number of aryl methyl sites for hydroxylation is 2. The minimum atomic E-state index is -0.191. The normalized spacial score (nSPS) is 10.9. The maximum atomic E-state index is 12.3. The summed E-state index contributed by atoms with van der Waals surface area (Å²) in [6, 6.07) is 15.2. The first-order valence-corrected chi connectivity index (χ1v) is 9.77. The number of amides is 1. The summed E-state index contributed by atoms with van der Waals surface area (Å²) < 4.78 is 0. The van der Waals surface area contributed by atoms with Crippen LogP contribution in [0.4, 0.5) is 5.13 Å². The van der Waals surface area contributed by atoms with Gasteiger partial charge in [-0.3, -0.25) is 9.59 Å². The number of hydrogen-bond donors (Lipinski definition) is 2. The number of rotatable bonds is 5. The molecule has 1 amide bonds. The number of fused-ring (bicyclic) bond motifs is 1. The van der Waals surface area contributed by atoms with Crippen molar-refractivity contribution in [1.82, 2.24) is 15.0 Å². The lowest BCUT2D eigenvalue weighted by Gasteiger charge is -2.03. The molecule has 0 spiro atoms. The molecule has 0 aliphatic carbocycles. The molecular weight excluding hydrogens is 372 g/mol. The summed E-state index contributed by atoms with van der Waals surface area (Å²) in [5.41, 5.74) is 3.47. The van der Waals surface area contributed by atoms with Gasteiger partial charge in [0.05, 0.1) is 16.6 Å². The first-order valence-electron chi connectivity index (χ1n) is 8.89. The second kappa shape index (κ2) is 7.74. The molecule has 2 heterocycles. The third kappa shape index (κ3) is 3.99. The number of H-pyrrole nitrogens is 1. The quantitative estimate of drug-likeness (QED) is 0.540. The average molecular weight is 390 g/mol. The van der Waals surface area contributed by atoms with Crippen LogP contribution in [0.1, 0.15) is 17.8 Å². The fourth-order valence-corrected chi connectivity index (χ4v) is 3.59. The number of nitrogens with zero attached hydrogens (tertiary/aromatic N) is 2. The molecule has 0 bridgehead atoms. The molecule has 6 nitrogen and oxygen atoms in total. The SMILES string of the molecule is Cc1ccc(-c2csc(NC(=O)CCc3nc4ccccc4c(=O)[nH]3)n2)cc1. The number of benzene rings is 2. The Kier molecular flexibility index (Phi) is 4.99. The van der Waals surface area contributed by atoms with Gasteiger partial charge in [0.15, 0.2) is 5.13 Å². The largest absolute Gasteiger partial charge is 0.310 e. The minimum Gasteiger partial charge on any atom is -0.310 e. The van der Waals surface area contributed by atoms with Crippen molar-refractivity contribution in [3.8, 4) is 11.3 Å². The van der Waals surface area contributed by atoms with E-state index in [2.05, 4.69) is 20.3 Å². The summed E-state index contributed by atoms with van der Waals surface area (Å²) in [6.07, 6.45) is 0.558. The predicted molar refractivity (Wildman–Crippen MR) is 112 cm³/mol. The molecule has 4 aromatic rings. The lowest BCUT2D eigenvalue weighted by Crippen LogP contribution is -2.16. The number of aromatic nitrogens is 3. The van der Waals surface area contributed by atoms with E-state index in [9.17, 15) is 9.59 Å². The molecule has 28 heavy (non-hydrogen) atoms. The van der Waals surface area contributed by atoms with Crippen molar-refractivity contribution in [3.63, 3.8) is 0 Å². The monoisotopic (exact) mass is 390 g/mol. The van der Waals surface area contributed by atoms with Crippen LogP contribution in [-0.2, 0) is 11.2 Å². The maximum Gasteiger partial charge on any atom is 0.258 e. The second-order valence-corrected chi connectivity index (χ2v) is 7.34. The van der Waals surface area contributed by atoms with Crippen molar-refractivity contribution in [2.75, 3.05) is 5.32 Å². The standard InChI is InChI=1S/C21H18N4O2S/c1-13-6-8-14(9-7-13)17-12-28-21(23-17)25-19(26)11-10-18-22-16-5-3-2-4-15(16)20(27)24-18/h2-9,12H,10-11H2,1H3,(H,22,24,27)(H,23,25,26). The van der Waals surface area contributed by atoms with Gasteiger partial charge < -0.3 is 10.3 Å². The van der Waals surface area contributed by atoms with Crippen LogP contribution < -0.4 is 10.9 Å². The van der Waals surface area contributed by atoms with Crippen LogP contribution in [0.2, 0.25) is 0 Å². The van der Waals surface area contributed by atoms with Gasteiger partial charge in [-0.2, -0.15) is 0 Å². The lowest BCUT2D eigenvalue weighted by molar-refractivity contribution is -0.116. The summed E-state index contributed by atoms with van der Waals surface area (Å²) in [7, 11) is 0. The third-order valence-corrected chi connectivity index (χ3v) is 5.11. The molecule has 7 heteroatoms. The Bertz CT molecular complexity index is 1190. The van der Waals surface area contributed by atoms with Gasteiger partial charge in [-0.05, 0) is 19.1 Å². The van der Waals surface area contributed by atoms with E-state index >= 15 is 0 Å². The number of carbonyl (C=O) groups is 1. The van der Waals surface area contributed by atoms with Gasteiger partial charge >= 0.3 is 0 Å². The molecular formula is C21H18N4O2S. The lowest BCUT2D eigenvalue weighted by atomic mass is 10.1. The molecule has 0 radical (unpaired) electrons. The Morgan fingerprint density at radius 1 is 1.11 bits per heavy atom. The molecule has 2 aromatic carbocycles. The molecule has 0 saturated heterocycles. The first-order chi connectivity index (χ1) is 13.6. The van der Waals surface area contributed by atoms with Crippen molar-refractivity contribution in [3.05, 3.63) is 75.7 Å². The number of nitrogens with one attached hydrogen (secondary N) is 2. The van der Waals surface area contributed by atoms with E-state index < -0.39 is 0 Å². The minimum absolute atomic E-state index is 0.166. The second-order valence-electron chi connectivity index (χ2n) is 6.48. The van der Waals surface area contributed by atoms with E-state index in [4.69, 9.17) is 0 Å². The van der Waals surface area contributed by atoms with Crippen molar-refractivity contribution < 1.29 is 4.79 Å². The van der Waals surface area contributed by atoms with Crippen molar-refractivity contribution >= 4 is 33.3 Å². The van der Waals surface area contributed by atoms with E-state index in [1.165, 1.54) is 16.9 Å². The topological polar surface area (TPSA) is 87.7 Å². The zero-order valence-electron chi connectivity index (χ0n) is 15.2. The zero-order valence-corrected chi connectivity index (χ0v) is 16.0. The number of hydrogen-bond acceptors (Lipinski definition) is 5. The van der Waals surface area contributed by atoms with Crippen LogP contribution in [0.15, 0.2) is 58.7 Å². The van der Waals surface area contributed by atoms with Gasteiger partial charge in [0.25, 0.3) is 5.56 Å². The maximum absolute atomic E-state index is 12.3. The van der Waals surface area contributed by atoms with Crippen LogP contribution in [0.25, 0.3) is 22.2 Å². The van der Waals surface area contributed by atoms with Crippen LogP contribution in [-0.4, -0.2) is 20.9 Å².